The zero-order valence-electron chi connectivity index (χ0n) is 6.92. The molecule has 0 amide bonds. The quantitative estimate of drug-likeness (QED) is 0.759. The van der Waals surface area contributed by atoms with E-state index < -0.39 is 5.97 Å². The van der Waals surface area contributed by atoms with Gasteiger partial charge in [-0.15, -0.1) is 0 Å². The van der Waals surface area contributed by atoms with Crippen molar-refractivity contribution in [2.24, 2.45) is 0 Å². The topological polar surface area (TPSA) is 61.1 Å². The summed E-state index contributed by atoms with van der Waals surface area (Å²) in [6.07, 6.45) is -0.0991. The maximum Gasteiger partial charge on any atom is 0.307 e. The molecule has 0 aliphatic heterocycles. The first kappa shape index (κ1) is 11.7. The van der Waals surface area contributed by atoms with Crippen LogP contribution in [0.2, 0.25) is 0 Å². The van der Waals surface area contributed by atoms with Crippen LogP contribution in [0.25, 0.3) is 0 Å². The molecule has 72 valence electrons. The van der Waals surface area contributed by atoms with Crippen LogP contribution in [-0.4, -0.2) is 11.1 Å². The van der Waals surface area contributed by atoms with Gasteiger partial charge in [0, 0.05) is 7.14 Å². The Hall–Kier alpha value is -0.360. The number of carboxylic acids is 1. The van der Waals surface area contributed by atoms with E-state index in [4.69, 9.17) is 10.4 Å². The molecule has 0 saturated heterocycles. The van der Waals surface area contributed by atoms with Crippen molar-refractivity contribution in [3.05, 3.63) is 30.4 Å². The normalized spacial score (nSPS) is 9.50. The van der Waals surface area contributed by atoms with Crippen molar-refractivity contribution in [2.45, 2.75) is 6.42 Å². The summed E-state index contributed by atoms with van der Waals surface area (Å²) in [5, 5.41) is 17.5. The first-order valence-corrected chi connectivity index (χ1v) is 5.80. The summed E-state index contributed by atoms with van der Waals surface area (Å²) in [6, 6.07) is 5.57. The Morgan fingerprint density at radius 2 is 2.14 bits per heavy atom. The van der Waals surface area contributed by atoms with Crippen LogP contribution in [0, 0.1) is 18.5 Å². The van der Waals surface area contributed by atoms with Crippen molar-refractivity contribution in [3.63, 3.8) is 0 Å². The number of nitriles is 1. The monoisotopic (exact) mass is 413 g/mol. The molecule has 0 unspecified atom stereocenters. The zero-order valence-corrected chi connectivity index (χ0v) is 11.2. The van der Waals surface area contributed by atoms with Crippen LogP contribution in [0.1, 0.15) is 11.1 Å². The minimum absolute atomic E-state index is 0.0991. The molecule has 0 aromatic heterocycles. The van der Waals surface area contributed by atoms with Gasteiger partial charge < -0.3 is 5.11 Å². The van der Waals surface area contributed by atoms with Crippen molar-refractivity contribution in [1.29, 1.82) is 5.26 Å². The molecule has 0 atom stereocenters. The summed E-state index contributed by atoms with van der Waals surface area (Å²) in [5.74, 6) is -0.916. The van der Waals surface area contributed by atoms with Crippen LogP contribution < -0.4 is 0 Å². The van der Waals surface area contributed by atoms with Gasteiger partial charge in [-0.2, -0.15) is 5.26 Å². The van der Waals surface area contributed by atoms with E-state index in [9.17, 15) is 4.79 Å². The molecule has 0 aliphatic carbocycles. The lowest BCUT2D eigenvalue weighted by Gasteiger charge is -2.04. The summed E-state index contributed by atoms with van der Waals surface area (Å²) in [4.78, 5) is 10.6. The molecule has 1 N–H and O–H groups in total. The lowest BCUT2D eigenvalue weighted by molar-refractivity contribution is -0.136. The van der Waals surface area contributed by atoms with Crippen molar-refractivity contribution in [3.8, 4) is 6.07 Å². The van der Waals surface area contributed by atoms with E-state index in [2.05, 4.69) is 22.6 Å². The van der Waals surface area contributed by atoms with Crippen LogP contribution in [0.3, 0.4) is 0 Å². The first-order valence-electron chi connectivity index (χ1n) is 3.64. The van der Waals surface area contributed by atoms with Crippen LogP contribution in [0.15, 0.2) is 12.1 Å². The number of hydrogen-bond acceptors (Lipinski definition) is 2. The van der Waals surface area contributed by atoms with E-state index in [-0.39, 0.29) is 6.42 Å². The lowest BCUT2D eigenvalue weighted by atomic mass is 10.1. The van der Waals surface area contributed by atoms with Gasteiger partial charge in [-0.25, -0.2) is 0 Å². The molecule has 0 saturated carbocycles. The Labute approximate surface area is 108 Å². The molecule has 14 heavy (non-hydrogen) atoms. The molecule has 0 aliphatic rings. The number of carboxylic acid groups (broad SMARTS) is 1. The van der Waals surface area contributed by atoms with Gasteiger partial charge in [-0.1, -0.05) is 0 Å². The highest BCUT2D eigenvalue weighted by Gasteiger charge is 2.11. The number of carbonyl (C=O) groups is 1. The number of nitrogens with zero attached hydrogens (tertiary/aromatic N) is 1. The summed E-state index contributed by atoms with van der Waals surface area (Å²) < 4.78 is 1.77. The van der Waals surface area contributed by atoms with Gasteiger partial charge in [0.2, 0.25) is 0 Å². The molecule has 1 rings (SSSR count). The van der Waals surface area contributed by atoms with Crippen molar-refractivity contribution in [2.75, 3.05) is 0 Å². The Balaban J connectivity index is 3.27. The fraction of sp³-hybridized carbons (Fsp3) is 0.111. The Morgan fingerprint density at radius 3 is 2.64 bits per heavy atom. The summed E-state index contributed by atoms with van der Waals surface area (Å²) in [7, 11) is 0. The van der Waals surface area contributed by atoms with Crippen LogP contribution in [0.4, 0.5) is 0 Å². The van der Waals surface area contributed by atoms with Crippen LogP contribution in [0.5, 0.6) is 0 Å². The number of halogens is 2. The minimum atomic E-state index is -0.916. The minimum Gasteiger partial charge on any atom is -0.481 e. The lowest BCUT2D eigenvalue weighted by Crippen LogP contribution is -2.05. The first-order chi connectivity index (χ1) is 6.54. The van der Waals surface area contributed by atoms with E-state index in [1.54, 1.807) is 6.07 Å². The van der Waals surface area contributed by atoms with Gasteiger partial charge in [0.1, 0.15) is 0 Å². The largest absolute Gasteiger partial charge is 0.481 e. The van der Waals surface area contributed by atoms with E-state index >= 15 is 0 Å². The molecule has 1 aromatic carbocycles. The van der Waals surface area contributed by atoms with Crippen LogP contribution >= 0.6 is 45.2 Å². The molecule has 0 fully saturated rings. The van der Waals surface area contributed by atoms with Gasteiger partial charge in [0.05, 0.1) is 18.1 Å². The number of aliphatic carboxylic acids is 1. The second-order valence-corrected chi connectivity index (χ2v) is 5.00. The highest BCUT2D eigenvalue weighted by Crippen LogP contribution is 2.21. The van der Waals surface area contributed by atoms with E-state index in [1.165, 1.54) is 0 Å². The highest BCUT2D eigenvalue weighted by atomic mass is 127. The van der Waals surface area contributed by atoms with Gasteiger partial charge in [-0.3, -0.25) is 4.79 Å². The van der Waals surface area contributed by atoms with Crippen LogP contribution in [-0.2, 0) is 11.2 Å². The zero-order chi connectivity index (χ0) is 10.7. The number of rotatable bonds is 2. The fourth-order valence-corrected chi connectivity index (χ4v) is 3.07. The molecule has 0 spiro atoms. The smallest absolute Gasteiger partial charge is 0.307 e. The third kappa shape index (κ3) is 2.81. The molecular formula is C9H5I2NO2. The molecule has 0 radical (unpaired) electrons. The van der Waals surface area contributed by atoms with E-state index in [0.717, 1.165) is 7.14 Å². The highest BCUT2D eigenvalue weighted by molar-refractivity contribution is 14.1. The molecule has 0 bridgehead atoms. The maximum atomic E-state index is 10.6. The predicted octanol–water partition coefficient (Wildman–Crippen LogP) is 2.39. The van der Waals surface area contributed by atoms with Gasteiger partial charge in [0.25, 0.3) is 0 Å². The molecular weight excluding hydrogens is 408 g/mol. The van der Waals surface area contributed by atoms with Gasteiger partial charge in [0.15, 0.2) is 0 Å². The standard InChI is InChI=1S/C9H5I2NO2/c10-6-1-5(4-12)7(3-9(13)14)8(11)2-6/h1-2H,3H2,(H,13,14). The average Bonchev–Trinajstić information content (AvgIpc) is 2.08. The second-order valence-electron chi connectivity index (χ2n) is 2.60. The summed E-state index contributed by atoms with van der Waals surface area (Å²) in [6.45, 7) is 0. The van der Waals surface area contributed by atoms with Crippen molar-refractivity contribution >= 4 is 51.2 Å². The summed E-state index contributed by atoms with van der Waals surface area (Å²) >= 11 is 4.15. The SMILES string of the molecule is N#Cc1cc(I)cc(I)c1CC(=O)O. The third-order valence-electron chi connectivity index (χ3n) is 1.61. The molecule has 1 aromatic rings. The molecule has 3 nitrogen and oxygen atoms in total. The third-order valence-corrected chi connectivity index (χ3v) is 3.19. The van der Waals surface area contributed by atoms with E-state index in [0.29, 0.717) is 11.1 Å². The van der Waals surface area contributed by atoms with Crippen molar-refractivity contribution < 1.29 is 9.90 Å². The number of benzene rings is 1. The molecule has 5 heteroatoms. The van der Waals surface area contributed by atoms with Crippen molar-refractivity contribution in [1.82, 2.24) is 0 Å². The Bertz CT molecular complexity index is 424. The molecule has 0 heterocycles. The van der Waals surface area contributed by atoms with E-state index in [1.807, 2.05) is 34.7 Å². The Kier molecular flexibility index (Phi) is 4.12. The predicted molar refractivity (Wildman–Crippen MR) is 67.9 cm³/mol. The Morgan fingerprint density at radius 1 is 1.50 bits per heavy atom. The fourth-order valence-electron chi connectivity index (χ4n) is 1.03. The van der Waals surface area contributed by atoms with Gasteiger partial charge in [-0.05, 0) is 62.9 Å². The van der Waals surface area contributed by atoms with Gasteiger partial charge >= 0.3 is 5.97 Å². The maximum absolute atomic E-state index is 10.6. The average molecular weight is 413 g/mol. The number of hydrogen-bond donors (Lipinski definition) is 1. The second kappa shape index (κ2) is 4.93. The summed E-state index contributed by atoms with van der Waals surface area (Å²) in [5.41, 5.74) is 1.05.